The van der Waals surface area contributed by atoms with Gasteiger partial charge < -0.3 is 9.15 Å². The normalized spacial score (nSPS) is 10.3. The van der Waals surface area contributed by atoms with Crippen molar-refractivity contribution >= 4 is 23.4 Å². The molecule has 7 heteroatoms. The average molecular weight is 399 g/mol. The minimum Gasteiger partial charge on any atom is -0.486 e. The largest absolute Gasteiger partial charge is 0.486 e. The third-order valence-electron chi connectivity index (χ3n) is 3.85. The van der Waals surface area contributed by atoms with Gasteiger partial charge in [-0.25, -0.2) is 0 Å². The second kappa shape index (κ2) is 9.62. The number of halogens is 1. The number of carbonyl (C=O) groups is 2. The Labute approximate surface area is 167 Å². The van der Waals surface area contributed by atoms with Crippen LogP contribution in [0.1, 0.15) is 28.3 Å². The van der Waals surface area contributed by atoms with E-state index in [1.54, 1.807) is 18.2 Å². The van der Waals surface area contributed by atoms with E-state index >= 15 is 0 Å². The van der Waals surface area contributed by atoms with Gasteiger partial charge >= 0.3 is 5.91 Å². The number of carbonyl (C=O) groups excluding carboxylic acids is 2. The molecule has 3 aromatic rings. The van der Waals surface area contributed by atoms with E-state index in [-0.39, 0.29) is 24.7 Å². The summed E-state index contributed by atoms with van der Waals surface area (Å²) in [5.41, 5.74) is 5.65. The van der Waals surface area contributed by atoms with Gasteiger partial charge in [0.05, 0.1) is 0 Å². The summed E-state index contributed by atoms with van der Waals surface area (Å²) < 4.78 is 11.0. The fourth-order valence-electron chi connectivity index (χ4n) is 2.45. The SMILES string of the molecule is O=C(CCc1cccc(Cl)c1)NNC(=O)c1ccc(COc2ccccc2)o1. The smallest absolute Gasteiger partial charge is 0.305 e. The van der Waals surface area contributed by atoms with Crippen molar-refractivity contribution in [3.8, 4) is 5.75 Å². The van der Waals surface area contributed by atoms with Crippen molar-refractivity contribution in [2.45, 2.75) is 19.4 Å². The predicted octanol–water partition coefficient (Wildman–Crippen LogP) is 3.91. The van der Waals surface area contributed by atoms with E-state index in [4.69, 9.17) is 20.8 Å². The highest BCUT2D eigenvalue weighted by Gasteiger charge is 2.12. The molecule has 0 unspecified atom stereocenters. The van der Waals surface area contributed by atoms with Crippen LogP contribution in [0, 0.1) is 0 Å². The molecular weight excluding hydrogens is 380 g/mol. The number of para-hydroxylation sites is 1. The number of aryl methyl sites for hydroxylation is 1. The van der Waals surface area contributed by atoms with Gasteiger partial charge in [-0.1, -0.05) is 41.9 Å². The number of amides is 2. The fraction of sp³-hybridized carbons (Fsp3) is 0.143. The molecular formula is C21H19ClN2O4. The van der Waals surface area contributed by atoms with Crippen molar-refractivity contribution in [2.75, 3.05) is 0 Å². The minimum atomic E-state index is -0.540. The predicted molar refractivity (Wildman–Crippen MR) is 105 cm³/mol. The summed E-state index contributed by atoms with van der Waals surface area (Å²) >= 11 is 5.91. The molecule has 6 nitrogen and oxygen atoms in total. The van der Waals surface area contributed by atoms with E-state index in [2.05, 4.69) is 10.9 Å². The Kier molecular flexibility index (Phi) is 6.70. The quantitative estimate of drug-likeness (QED) is 0.591. The van der Waals surface area contributed by atoms with Crippen molar-refractivity contribution in [3.05, 3.63) is 88.8 Å². The molecule has 0 fully saturated rings. The number of hydrogen-bond donors (Lipinski definition) is 2. The van der Waals surface area contributed by atoms with Crippen LogP contribution >= 0.6 is 11.6 Å². The molecule has 1 aromatic heterocycles. The van der Waals surface area contributed by atoms with Crippen LogP contribution in [0.2, 0.25) is 5.02 Å². The molecule has 0 aliphatic rings. The molecule has 0 aliphatic carbocycles. The topological polar surface area (TPSA) is 80.6 Å². The first-order valence-electron chi connectivity index (χ1n) is 8.70. The van der Waals surface area contributed by atoms with Gasteiger partial charge in [-0.2, -0.15) is 0 Å². The number of benzene rings is 2. The summed E-state index contributed by atoms with van der Waals surface area (Å²) in [6.45, 7) is 0.198. The maximum Gasteiger partial charge on any atom is 0.305 e. The Balaban J connectivity index is 1.42. The zero-order valence-electron chi connectivity index (χ0n) is 15.0. The molecule has 2 N–H and O–H groups in total. The van der Waals surface area contributed by atoms with E-state index in [0.717, 1.165) is 5.56 Å². The molecule has 2 aromatic carbocycles. The third-order valence-corrected chi connectivity index (χ3v) is 4.09. The summed E-state index contributed by atoms with van der Waals surface area (Å²) in [6.07, 6.45) is 0.735. The molecule has 0 radical (unpaired) electrons. The molecule has 3 rings (SSSR count). The van der Waals surface area contributed by atoms with E-state index < -0.39 is 5.91 Å². The van der Waals surface area contributed by atoms with E-state index in [1.165, 1.54) is 6.07 Å². The minimum absolute atomic E-state index is 0.0850. The average Bonchev–Trinajstić information content (AvgIpc) is 3.19. The standard InChI is InChI=1S/C21H19ClN2O4/c22-16-6-4-5-15(13-16)9-12-20(25)23-24-21(26)19-11-10-18(28-19)14-27-17-7-2-1-3-8-17/h1-8,10-11,13H,9,12,14H2,(H,23,25)(H,24,26). The maximum absolute atomic E-state index is 12.1. The highest BCUT2D eigenvalue weighted by Crippen LogP contribution is 2.14. The number of rotatable bonds is 7. The Hall–Kier alpha value is -3.25. The van der Waals surface area contributed by atoms with Crippen molar-refractivity contribution in [1.82, 2.24) is 10.9 Å². The highest BCUT2D eigenvalue weighted by molar-refractivity contribution is 6.30. The number of hydrogen-bond acceptors (Lipinski definition) is 4. The van der Waals surface area contributed by atoms with Crippen LogP contribution in [-0.2, 0) is 17.8 Å². The lowest BCUT2D eigenvalue weighted by Gasteiger charge is -2.06. The first-order chi connectivity index (χ1) is 13.6. The van der Waals surface area contributed by atoms with E-state index in [0.29, 0.717) is 23.0 Å². The molecule has 1 heterocycles. The molecule has 144 valence electrons. The summed E-state index contributed by atoms with van der Waals surface area (Å²) in [4.78, 5) is 24.0. The summed E-state index contributed by atoms with van der Waals surface area (Å²) in [7, 11) is 0. The zero-order valence-corrected chi connectivity index (χ0v) is 15.7. The van der Waals surface area contributed by atoms with Crippen LogP contribution < -0.4 is 15.6 Å². The first-order valence-corrected chi connectivity index (χ1v) is 9.08. The molecule has 28 heavy (non-hydrogen) atoms. The molecule has 0 bridgehead atoms. The Morgan fingerprint density at radius 2 is 1.79 bits per heavy atom. The van der Waals surface area contributed by atoms with Crippen molar-refractivity contribution in [2.24, 2.45) is 0 Å². The monoisotopic (exact) mass is 398 g/mol. The molecule has 0 saturated carbocycles. The van der Waals surface area contributed by atoms with Crippen molar-refractivity contribution in [1.29, 1.82) is 0 Å². The van der Waals surface area contributed by atoms with Gasteiger partial charge in [0.1, 0.15) is 18.1 Å². The second-order valence-corrected chi connectivity index (χ2v) is 6.44. The molecule has 0 atom stereocenters. The number of furan rings is 1. The van der Waals surface area contributed by atoms with Gasteiger partial charge in [0.15, 0.2) is 5.76 Å². The van der Waals surface area contributed by atoms with E-state index in [1.807, 2.05) is 42.5 Å². The van der Waals surface area contributed by atoms with Crippen LogP contribution in [0.3, 0.4) is 0 Å². The van der Waals surface area contributed by atoms with Gasteiger partial charge in [-0.3, -0.25) is 20.4 Å². The molecule has 0 spiro atoms. The Morgan fingerprint density at radius 3 is 2.57 bits per heavy atom. The number of nitrogens with one attached hydrogen (secondary N) is 2. The van der Waals surface area contributed by atoms with Crippen molar-refractivity contribution in [3.63, 3.8) is 0 Å². The maximum atomic E-state index is 12.1. The summed E-state index contributed by atoms with van der Waals surface area (Å²) in [5, 5.41) is 0.621. The van der Waals surface area contributed by atoms with Gasteiger partial charge in [0, 0.05) is 11.4 Å². The van der Waals surface area contributed by atoms with Gasteiger partial charge in [-0.15, -0.1) is 0 Å². The van der Waals surface area contributed by atoms with Crippen LogP contribution in [0.4, 0.5) is 0 Å². The Bertz CT molecular complexity index is 940. The van der Waals surface area contributed by atoms with Gasteiger partial charge in [-0.05, 0) is 48.4 Å². The number of ether oxygens (including phenoxy) is 1. The first kappa shape index (κ1) is 19.5. The Morgan fingerprint density at radius 1 is 0.964 bits per heavy atom. The highest BCUT2D eigenvalue weighted by atomic mass is 35.5. The lowest BCUT2D eigenvalue weighted by molar-refractivity contribution is -0.121. The van der Waals surface area contributed by atoms with E-state index in [9.17, 15) is 9.59 Å². The number of hydrazine groups is 1. The zero-order chi connectivity index (χ0) is 19.8. The van der Waals surface area contributed by atoms with Crippen LogP contribution in [0.25, 0.3) is 0 Å². The summed E-state index contributed by atoms with van der Waals surface area (Å²) in [5.74, 6) is 0.439. The summed E-state index contributed by atoms with van der Waals surface area (Å²) in [6, 6.07) is 19.7. The second-order valence-electron chi connectivity index (χ2n) is 6.00. The fourth-order valence-corrected chi connectivity index (χ4v) is 2.66. The van der Waals surface area contributed by atoms with Crippen molar-refractivity contribution < 1.29 is 18.7 Å². The lowest BCUT2D eigenvalue weighted by atomic mass is 10.1. The van der Waals surface area contributed by atoms with Gasteiger partial charge in [0.25, 0.3) is 0 Å². The lowest BCUT2D eigenvalue weighted by Crippen LogP contribution is -2.41. The van der Waals surface area contributed by atoms with Gasteiger partial charge in [0.2, 0.25) is 5.91 Å². The van der Waals surface area contributed by atoms with Crippen LogP contribution in [0.15, 0.2) is 71.1 Å². The van der Waals surface area contributed by atoms with Crippen LogP contribution in [-0.4, -0.2) is 11.8 Å². The third kappa shape index (κ3) is 5.89. The van der Waals surface area contributed by atoms with Crippen LogP contribution in [0.5, 0.6) is 5.75 Å². The molecule has 0 saturated heterocycles. The molecule has 0 aliphatic heterocycles. The molecule has 2 amide bonds.